The maximum absolute atomic E-state index is 11.2. The van der Waals surface area contributed by atoms with Crippen LogP contribution >= 0.6 is 23.2 Å². The van der Waals surface area contributed by atoms with Gasteiger partial charge in [-0.2, -0.15) is 0 Å². The van der Waals surface area contributed by atoms with E-state index in [2.05, 4.69) is 14.7 Å². The maximum atomic E-state index is 11.2. The lowest BCUT2D eigenvalue weighted by atomic mass is 10.2. The van der Waals surface area contributed by atoms with Gasteiger partial charge in [0.1, 0.15) is 5.15 Å². The summed E-state index contributed by atoms with van der Waals surface area (Å²) < 4.78 is 4.52. The monoisotopic (exact) mass is 256 g/mol. The van der Waals surface area contributed by atoms with Crippen LogP contribution in [0.3, 0.4) is 0 Å². The van der Waals surface area contributed by atoms with Gasteiger partial charge in [-0.15, -0.1) is 0 Å². The molecule has 0 saturated heterocycles. The van der Waals surface area contributed by atoms with Gasteiger partial charge >= 0.3 is 5.97 Å². The standard InChI is InChI=1S/C10H6Cl2N2O2/c1-16-10(15)9-13-7-3-2-5(11)4-6(7)8(12)14-9/h2-4H,1H3. The zero-order chi connectivity index (χ0) is 11.7. The number of nitrogens with zero attached hydrogens (tertiary/aromatic N) is 2. The molecule has 0 atom stereocenters. The summed E-state index contributed by atoms with van der Waals surface area (Å²) in [7, 11) is 1.26. The van der Waals surface area contributed by atoms with E-state index in [-0.39, 0.29) is 11.0 Å². The fourth-order valence-electron chi connectivity index (χ4n) is 1.25. The Morgan fingerprint density at radius 1 is 1.31 bits per heavy atom. The topological polar surface area (TPSA) is 52.1 Å². The zero-order valence-corrected chi connectivity index (χ0v) is 9.71. The molecule has 0 bridgehead atoms. The Balaban J connectivity index is 2.68. The number of hydrogen-bond donors (Lipinski definition) is 0. The summed E-state index contributed by atoms with van der Waals surface area (Å²) in [6, 6.07) is 4.96. The van der Waals surface area contributed by atoms with Gasteiger partial charge in [0.05, 0.1) is 12.6 Å². The Morgan fingerprint density at radius 3 is 2.75 bits per heavy atom. The second-order valence-corrected chi connectivity index (χ2v) is 3.79. The highest BCUT2D eigenvalue weighted by atomic mass is 35.5. The molecule has 1 aromatic carbocycles. The molecule has 0 fully saturated rings. The largest absolute Gasteiger partial charge is 0.463 e. The van der Waals surface area contributed by atoms with Crippen molar-refractivity contribution in [3.63, 3.8) is 0 Å². The van der Waals surface area contributed by atoms with E-state index in [1.807, 2.05) is 0 Å². The smallest absolute Gasteiger partial charge is 0.376 e. The van der Waals surface area contributed by atoms with Crippen molar-refractivity contribution in [2.45, 2.75) is 0 Å². The molecule has 82 valence electrons. The molecular weight excluding hydrogens is 251 g/mol. The van der Waals surface area contributed by atoms with Gasteiger partial charge in [-0.1, -0.05) is 23.2 Å². The molecule has 1 heterocycles. The van der Waals surface area contributed by atoms with Crippen molar-refractivity contribution in [2.75, 3.05) is 7.11 Å². The fourth-order valence-corrected chi connectivity index (χ4v) is 1.65. The van der Waals surface area contributed by atoms with Gasteiger partial charge in [-0.25, -0.2) is 14.8 Å². The van der Waals surface area contributed by atoms with Gasteiger partial charge in [-0.05, 0) is 18.2 Å². The first-order chi connectivity index (χ1) is 7.61. The average molecular weight is 257 g/mol. The first-order valence-corrected chi connectivity index (χ1v) is 5.08. The number of methoxy groups -OCH3 is 1. The van der Waals surface area contributed by atoms with Crippen molar-refractivity contribution in [1.82, 2.24) is 9.97 Å². The van der Waals surface area contributed by atoms with E-state index in [0.717, 1.165) is 0 Å². The Bertz CT molecular complexity index is 572. The van der Waals surface area contributed by atoms with Crippen LogP contribution < -0.4 is 0 Å². The first kappa shape index (κ1) is 11.1. The molecular formula is C10H6Cl2N2O2. The third-order valence-corrected chi connectivity index (χ3v) is 2.50. The van der Waals surface area contributed by atoms with Gasteiger partial charge in [0.15, 0.2) is 0 Å². The number of esters is 1. The van der Waals surface area contributed by atoms with Crippen LogP contribution in [-0.2, 0) is 4.74 Å². The minimum atomic E-state index is -0.626. The Morgan fingerprint density at radius 2 is 2.06 bits per heavy atom. The molecule has 16 heavy (non-hydrogen) atoms. The summed E-state index contributed by atoms with van der Waals surface area (Å²) in [5, 5.41) is 1.30. The van der Waals surface area contributed by atoms with Crippen LogP contribution in [0.1, 0.15) is 10.6 Å². The number of hydrogen-bond acceptors (Lipinski definition) is 4. The summed E-state index contributed by atoms with van der Waals surface area (Å²) in [6.07, 6.45) is 0. The summed E-state index contributed by atoms with van der Waals surface area (Å²) in [5.74, 6) is -0.693. The van der Waals surface area contributed by atoms with E-state index >= 15 is 0 Å². The van der Waals surface area contributed by atoms with Gasteiger partial charge in [0, 0.05) is 10.4 Å². The summed E-state index contributed by atoms with van der Waals surface area (Å²) in [5.41, 5.74) is 0.546. The third kappa shape index (κ3) is 1.94. The van der Waals surface area contributed by atoms with Crippen molar-refractivity contribution in [2.24, 2.45) is 0 Å². The second kappa shape index (κ2) is 4.23. The predicted octanol–water partition coefficient (Wildman–Crippen LogP) is 2.72. The van der Waals surface area contributed by atoms with E-state index in [0.29, 0.717) is 15.9 Å². The van der Waals surface area contributed by atoms with Gasteiger partial charge < -0.3 is 4.74 Å². The molecule has 0 N–H and O–H groups in total. The fraction of sp³-hybridized carbons (Fsp3) is 0.100. The molecule has 0 saturated carbocycles. The Labute approximate surface area is 101 Å². The molecule has 0 aliphatic heterocycles. The average Bonchev–Trinajstić information content (AvgIpc) is 2.28. The van der Waals surface area contributed by atoms with E-state index in [4.69, 9.17) is 23.2 Å². The first-order valence-electron chi connectivity index (χ1n) is 4.33. The number of carbonyl (C=O) groups is 1. The molecule has 0 aliphatic rings. The Hall–Kier alpha value is -1.39. The van der Waals surface area contributed by atoms with Crippen molar-refractivity contribution < 1.29 is 9.53 Å². The maximum Gasteiger partial charge on any atom is 0.376 e. The number of aromatic nitrogens is 2. The van der Waals surface area contributed by atoms with E-state index in [1.54, 1.807) is 18.2 Å². The van der Waals surface area contributed by atoms with Gasteiger partial charge in [0.2, 0.25) is 5.82 Å². The lowest BCUT2D eigenvalue weighted by Gasteiger charge is -2.03. The molecule has 0 spiro atoms. The van der Waals surface area contributed by atoms with Crippen LogP contribution in [0.2, 0.25) is 10.2 Å². The highest BCUT2D eigenvalue weighted by Gasteiger charge is 2.13. The van der Waals surface area contributed by atoms with Crippen LogP contribution in [0.25, 0.3) is 10.9 Å². The molecule has 6 heteroatoms. The molecule has 1 aromatic heterocycles. The van der Waals surface area contributed by atoms with Crippen LogP contribution in [0.15, 0.2) is 18.2 Å². The minimum Gasteiger partial charge on any atom is -0.463 e. The highest BCUT2D eigenvalue weighted by molar-refractivity contribution is 6.35. The van der Waals surface area contributed by atoms with Crippen LogP contribution in [0, 0.1) is 0 Å². The third-order valence-electron chi connectivity index (χ3n) is 1.98. The molecule has 4 nitrogen and oxygen atoms in total. The van der Waals surface area contributed by atoms with Crippen LogP contribution in [0.4, 0.5) is 0 Å². The molecule has 2 aromatic rings. The zero-order valence-electron chi connectivity index (χ0n) is 8.20. The molecule has 0 unspecified atom stereocenters. The number of rotatable bonds is 1. The lowest BCUT2D eigenvalue weighted by molar-refractivity contribution is 0.0587. The quantitative estimate of drug-likeness (QED) is 0.582. The van der Waals surface area contributed by atoms with Crippen molar-refractivity contribution >= 4 is 40.1 Å². The number of carbonyl (C=O) groups excluding carboxylic acids is 1. The summed E-state index contributed by atoms with van der Waals surface area (Å²) in [6.45, 7) is 0. The summed E-state index contributed by atoms with van der Waals surface area (Å²) in [4.78, 5) is 19.1. The SMILES string of the molecule is COC(=O)c1nc(Cl)c2cc(Cl)ccc2n1. The minimum absolute atomic E-state index is 0.0673. The van der Waals surface area contributed by atoms with Crippen molar-refractivity contribution in [1.29, 1.82) is 0 Å². The summed E-state index contributed by atoms with van der Waals surface area (Å²) >= 11 is 11.7. The van der Waals surface area contributed by atoms with E-state index < -0.39 is 5.97 Å². The number of fused-ring (bicyclic) bond motifs is 1. The Kier molecular flexibility index (Phi) is 2.94. The van der Waals surface area contributed by atoms with E-state index in [9.17, 15) is 4.79 Å². The molecule has 0 aliphatic carbocycles. The molecule has 2 rings (SSSR count). The number of ether oxygens (including phenoxy) is 1. The number of benzene rings is 1. The van der Waals surface area contributed by atoms with Gasteiger partial charge in [-0.3, -0.25) is 0 Å². The van der Waals surface area contributed by atoms with Crippen molar-refractivity contribution in [3.8, 4) is 0 Å². The molecule has 0 amide bonds. The van der Waals surface area contributed by atoms with Crippen LogP contribution in [-0.4, -0.2) is 23.0 Å². The lowest BCUT2D eigenvalue weighted by Crippen LogP contribution is -2.07. The van der Waals surface area contributed by atoms with E-state index in [1.165, 1.54) is 7.11 Å². The predicted molar refractivity (Wildman–Crippen MR) is 60.9 cm³/mol. The van der Waals surface area contributed by atoms with Gasteiger partial charge in [0.25, 0.3) is 0 Å². The second-order valence-electron chi connectivity index (χ2n) is 2.99. The van der Waals surface area contributed by atoms with Crippen molar-refractivity contribution in [3.05, 3.63) is 34.2 Å². The number of halogens is 2. The molecule has 0 radical (unpaired) electrons. The normalized spacial score (nSPS) is 10.4. The van der Waals surface area contributed by atoms with Crippen LogP contribution in [0.5, 0.6) is 0 Å². The highest BCUT2D eigenvalue weighted by Crippen LogP contribution is 2.23.